The Labute approximate surface area is 242 Å². The van der Waals surface area contributed by atoms with Crippen LogP contribution in [0.1, 0.15) is 5.82 Å². The van der Waals surface area contributed by atoms with Crippen molar-refractivity contribution in [3.8, 4) is 5.69 Å². The van der Waals surface area contributed by atoms with Crippen molar-refractivity contribution in [2.75, 3.05) is 23.8 Å². The molecule has 4 heterocycles. The van der Waals surface area contributed by atoms with Gasteiger partial charge in [0.15, 0.2) is 5.13 Å². The Morgan fingerprint density at radius 1 is 1.24 bits per heavy atom. The van der Waals surface area contributed by atoms with E-state index < -0.39 is 47.5 Å². The number of aromatic nitrogens is 6. The molecule has 20 heteroatoms. The highest BCUT2D eigenvalue weighted by molar-refractivity contribution is 8.01. The second kappa shape index (κ2) is 11.9. The van der Waals surface area contributed by atoms with Crippen molar-refractivity contribution in [3.63, 3.8) is 0 Å². The standard InChI is InChI=1S/C21H18N10O7S3/c22-20-24-15(27-41-20)12(26-38-6-11(32)33)16(34)23-13-17(35)30-14(19(36)37)9(7-39-18(13)30)8-40-21-25-28-29-31(21)10-4-2-1-3-5-10/h1-5,13,18H,6-8H2,(H,23,34)(H,32,33)(H,36,37)(H2,22,24,27)/b26-12+. The number of carboxylic acid groups (broad SMARTS) is 2. The van der Waals surface area contributed by atoms with Crippen molar-refractivity contribution in [1.82, 2.24) is 39.8 Å². The number of oxime groups is 1. The normalized spacial score (nSPS) is 18.5. The molecule has 0 bridgehead atoms. The number of carbonyl (C=O) groups excluding carboxylic acids is 2. The summed E-state index contributed by atoms with van der Waals surface area (Å²) in [4.78, 5) is 58.7. The maximum Gasteiger partial charge on any atom is 0.352 e. The number of amides is 2. The van der Waals surface area contributed by atoms with Gasteiger partial charge in [-0.1, -0.05) is 35.1 Å². The van der Waals surface area contributed by atoms with Crippen molar-refractivity contribution in [2.24, 2.45) is 5.16 Å². The number of carbonyl (C=O) groups is 4. The molecule has 2 aliphatic rings. The number of β-lactam (4-membered cyclic amide) rings is 1. The smallest absolute Gasteiger partial charge is 0.352 e. The number of para-hydroxylation sites is 1. The number of hydrogen-bond acceptors (Lipinski definition) is 15. The van der Waals surface area contributed by atoms with Crippen molar-refractivity contribution in [2.45, 2.75) is 16.6 Å². The van der Waals surface area contributed by atoms with E-state index in [0.29, 0.717) is 10.7 Å². The number of tetrazole rings is 1. The molecule has 17 nitrogen and oxygen atoms in total. The average molecular weight is 619 g/mol. The van der Waals surface area contributed by atoms with Crippen LogP contribution in [0.2, 0.25) is 0 Å². The van der Waals surface area contributed by atoms with E-state index >= 15 is 0 Å². The van der Waals surface area contributed by atoms with E-state index in [4.69, 9.17) is 10.8 Å². The molecule has 0 radical (unpaired) electrons. The topological polar surface area (TPSA) is 241 Å². The molecule has 2 atom stereocenters. The maximum absolute atomic E-state index is 13.1. The number of benzene rings is 1. The van der Waals surface area contributed by atoms with Crippen LogP contribution in [-0.2, 0) is 24.0 Å². The summed E-state index contributed by atoms with van der Waals surface area (Å²) in [5.41, 5.74) is 6.12. The Bertz CT molecular complexity index is 1570. The Hall–Kier alpha value is -4.56. The van der Waals surface area contributed by atoms with Gasteiger partial charge in [0.1, 0.15) is 17.1 Å². The summed E-state index contributed by atoms with van der Waals surface area (Å²) in [6, 6.07) is 8.07. The summed E-state index contributed by atoms with van der Waals surface area (Å²) < 4.78 is 5.40. The molecule has 1 aromatic carbocycles. The van der Waals surface area contributed by atoms with Gasteiger partial charge >= 0.3 is 11.9 Å². The molecule has 1 fully saturated rings. The zero-order chi connectivity index (χ0) is 29.1. The van der Waals surface area contributed by atoms with Crippen molar-refractivity contribution in [3.05, 3.63) is 47.4 Å². The van der Waals surface area contributed by atoms with Crippen molar-refractivity contribution in [1.29, 1.82) is 0 Å². The number of fused-ring (bicyclic) bond motifs is 1. The lowest BCUT2D eigenvalue weighted by Gasteiger charge is -2.49. The fourth-order valence-corrected chi connectivity index (χ4v) is 6.63. The molecular formula is C21H18N10O7S3. The summed E-state index contributed by atoms with van der Waals surface area (Å²) in [5, 5.41) is 36.2. The molecule has 5 N–H and O–H groups in total. The number of anilines is 1. The van der Waals surface area contributed by atoms with Gasteiger partial charge in [-0.2, -0.15) is 14.0 Å². The molecule has 2 aliphatic heterocycles. The van der Waals surface area contributed by atoms with Crippen molar-refractivity contribution >= 4 is 69.7 Å². The van der Waals surface area contributed by atoms with E-state index in [-0.39, 0.29) is 28.2 Å². The summed E-state index contributed by atoms with van der Waals surface area (Å²) in [5.74, 6) is -3.97. The number of hydrogen-bond donors (Lipinski definition) is 4. The van der Waals surface area contributed by atoms with Gasteiger partial charge in [-0.25, -0.2) is 9.59 Å². The van der Waals surface area contributed by atoms with Crippen LogP contribution >= 0.6 is 35.1 Å². The summed E-state index contributed by atoms with van der Waals surface area (Å²) in [6.45, 7) is -0.837. The molecule has 0 saturated carbocycles. The van der Waals surface area contributed by atoms with Crippen molar-refractivity contribution < 1.29 is 34.2 Å². The second-order valence-corrected chi connectivity index (χ2v) is 11.0. The Balaban J connectivity index is 1.30. The van der Waals surface area contributed by atoms with Gasteiger partial charge in [0.2, 0.25) is 23.3 Å². The number of nitrogens with one attached hydrogen (secondary N) is 1. The Morgan fingerprint density at radius 2 is 2.02 bits per heavy atom. The maximum atomic E-state index is 13.1. The van der Waals surface area contributed by atoms with E-state index in [9.17, 15) is 24.3 Å². The first kappa shape index (κ1) is 28.0. The minimum absolute atomic E-state index is 0.0203. The molecule has 0 spiro atoms. The summed E-state index contributed by atoms with van der Waals surface area (Å²) in [7, 11) is 0. The van der Waals surface area contributed by atoms with Gasteiger partial charge in [0.25, 0.3) is 11.8 Å². The van der Waals surface area contributed by atoms with E-state index in [1.807, 2.05) is 30.3 Å². The molecule has 5 rings (SSSR count). The van der Waals surface area contributed by atoms with Crippen LogP contribution in [0.4, 0.5) is 5.13 Å². The number of aliphatic carboxylic acids is 2. The Kier molecular flexibility index (Phi) is 8.12. The molecular weight excluding hydrogens is 600 g/mol. The molecule has 2 aromatic heterocycles. The quantitative estimate of drug-likeness (QED) is 0.0910. The van der Waals surface area contributed by atoms with E-state index in [1.165, 1.54) is 28.2 Å². The highest BCUT2D eigenvalue weighted by Crippen LogP contribution is 2.41. The highest BCUT2D eigenvalue weighted by atomic mass is 32.2. The molecule has 1 saturated heterocycles. The minimum atomic E-state index is -1.33. The molecule has 2 amide bonds. The lowest BCUT2D eigenvalue weighted by molar-refractivity contribution is -0.150. The van der Waals surface area contributed by atoms with Gasteiger partial charge in [0.05, 0.1) is 5.69 Å². The lowest BCUT2D eigenvalue weighted by atomic mass is 10.0. The fraction of sp³-hybridized carbons (Fsp3) is 0.238. The third-order valence-electron chi connectivity index (χ3n) is 5.57. The number of nitrogen functional groups attached to an aromatic ring is 1. The number of carboxylic acids is 2. The first-order valence-electron chi connectivity index (χ1n) is 11.4. The monoisotopic (exact) mass is 618 g/mol. The highest BCUT2D eigenvalue weighted by Gasteiger charge is 2.54. The van der Waals surface area contributed by atoms with E-state index in [1.54, 1.807) is 0 Å². The van der Waals surface area contributed by atoms with E-state index in [2.05, 4.69) is 40.2 Å². The van der Waals surface area contributed by atoms with E-state index in [0.717, 1.165) is 22.1 Å². The van der Waals surface area contributed by atoms with Crippen LogP contribution in [0.3, 0.4) is 0 Å². The van der Waals surface area contributed by atoms with Gasteiger partial charge in [0, 0.05) is 23.0 Å². The lowest BCUT2D eigenvalue weighted by Crippen LogP contribution is -2.71. The molecule has 2 unspecified atom stereocenters. The summed E-state index contributed by atoms with van der Waals surface area (Å²) >= 11 is 3.26. The zero-order valence-electron chi connectivity index (χ0n) is 20.5. The number of thioether (sulfide) groups is 2. The van der Waals surface area contributed by atoms with Gasteiger partial charge < -0.3 is 26.1 Å². The minimum Gasteiger partial charge on any atom is -0.479 e. The molecule has 41 heavy (non-hydrogen) atoms. The first-order valence-corrected chi connectivity index (χ1v) is 14.2. The second-order valence-electron chi connectivity index (χ2n) is 8.18. The predicted molar refractivity (Wildman–Crippen MR) is 144 cm³/mol. The van der Waals surface area contributed by atoms with Crippen LogP contribution in [0, 0.1) is 0 Å². The number of rotatable bonds is 11. The van der Waals surface area contributed by atoms with Crippen LogP contribution in [0.15, 0.2) is 51.9 Å². The number of nitrogens with zero attached hydrogens (tertiary/aromatic N) is 8. The SMILES string of the molecule is Nc1nc(/C(=N\OCC(=O)O)C(=O)NC2C(=O)N3C(C(=O)O)=C(CSc4nnnn4-c4ccccc4)CSC23)ns1. The molecule has 0 aliphatic carbocycles. The molecule has 3 aromatic rings. The molecule has 212 valence electrons. The zero-order valence-corrected chi connectivity index (χ0v) is 22.9. The third kappa shape index (κ3) is 5.83. The van der Waals surface area contributed by atoms with Crippen LogP contribution < -0.4 is 11.1 Å². The van der Waals surface area contributed by atoms with Crippen LogP contribution in [0.25, 0.3) is 5.69 Å². The number of nitrogens with two attached hydrogens (primary N) is 1. The summed E-state index contributed by atoms with van der Waals surface area (Å²) in [6.07, 6.45) is 0. The average Bonchev–Trinajstić information content (AvgIpc) is 3.61. The fourth-order valence-electron chi connectivity index (χ4n) is 3.82. The largest absolute Gasteiger partial charge is 0.479 e. The van der Waals surface area contributed by atoms with Crippen LogP contribution in [0.5, 0.6) is 0 Å². The van der Waals surface area contributed by atoms with Gasteiger partial charge in [-0.15, -0.1) is 16.9 Å². The van der Waals surface area contributed by atoms with Gasteiger partial charge in [-0.3, -0.25) is 14.5 Å². The first-order chi connectivity index (χ1) is 19.7. The van der Waals surface area contributed by atoms with Gasteiger partial charge in [-0.05, 0) is 28.1 Å². The van der Waals surface area contributed by atoms with Crippen LogP contribution in [-0.4, -0.2) is 104 Å². The Morgan fingerprint density at radius 3 is 2.71 bits per heavy atom. The third-order valence-corrected chi connectivity index (χ3v) is 8.45. The predicted octanol–water partition coefficient (Wildman–Crippen LogP) is -0.568.